The number of likely N-dealkylation sites (tertiary alicyclic amines) is 1. The third kappa shape index (κ3) is 4.39. The van der Waals surface area contributed by atoms with Gasteiger partial charge in [-0.2, -0.15) is 0 Å². The van der Waals surface area contributed by atoms with Gasteiger partial charge in [0.25, 0.3) is 5.91 Å². The zero-order valence-electron chi connectivity index (χ0n) is 16.1. The van der Waals surface area contributed by atoms with E-state index in [4.69, 9.17) is 4.74 Å². The van der Waals surface area contributed by atoms with Crippen molar-refractivity contribution in [1.29, 1.82) is 0 Å². The Labute approximate surface area is 164 Å². The number of rotatable bonds is 5. The molecule has 1 aliphatic heterocycles. The zero-order chi connectivity index (χ0) is 20.1. The number of hydrogen-bond acceptors (Lipinski definition) is 4. The van der Waals surface area contributed by atoms with Crippen LogP contribution in [0.5, 0.6) is 0 Å². The van der Waals surface area contributed by atoms with E-state index in [1.54, 1.807) is 12.1 Å². The summed E-state index contributed by atoms with van der Waals surface area (Å²) in [6.07, 6.45) is 1.34. The van der Waals surface area contributed by atoms with Crippen LogP contribution in [0.15, 0.2) is 48.5 Å². The Morgan fingerprint density at radius 3 is 2.57 bits per heavy atom. The fourth-order valence-corrected chi connectivity index (χ4v) is 3.39. The van der Waals surface area contributed by atoms with Gasteiger partial charge in [-0.1, -0.05) is 42.0 Å². The lowest BCUT2D eigenvalue weighted by molar-refractivity contribution is -0.150. The maximum absolute atomic E-state index is 12.5. The van der Waals surface area contributed by atoms with Crippen molar-refractivity contribution >= 4 is 17.8 Å². The predicted molar refractivity (Wildman–Crippen MR) is 106 cm³/mol. The summed E-state index contributed by atoms with van der Waals surface area (Å²) in [5.74, 6) is -1.02. The molecule has 0 unspecified atom stereocenters. The second-order valence-electron chi connectivity index (χ2n) is 6.90. The summed E-state index contributed by atoms with van der Waals surface area (Å²) in [6, 6.07) is 14.8. The van der Waals surface area contributed by atoms with Gasteiger partial charge in [-0.3, -0.25) is 9.59 Å². The molecule has 0 aliphatic carbocycles. The molecule has 2 amide bonds. The second-order valence-corrected chi connectivity index (χ2v) is 6.90. The van der Waals surface area contributed by atoms with Crippen LogP contribution >= 0.6 is 0 Å². The Balaban J connectivity index is 1.63. The minimum Gasteiger partial charge on any atom is -0.467 e. The quantitative estimate of drug-likeness (QED) is 0.809. The smallest absolute Gasteiger partial charge is 0.328 e. The zero-order valence-corrected chi connectivity index (χ0v) is 16.1. The Kier molecular flexibility index (Phi) is 6.09. The lowest BCUT2D eigenvalue weighted by Crippen LogP contribution is -2.45. The van der Waals surface area contributed by atoms with E-state index in [1.165, 1.54) is 17.6 Å². The number of benzene rings is 2. The van der Waals surface area contributed by atoms with Crippen LogP contribution in [-0.2, 0) is 14.3 Å². The molecule has 1 saturated heterocycles. The number of hydrogen-bond donors (Lipinski definition) is 1. The Morgan fingerprint density at radius 1 is 1.11 bits per heavy atom. The van der Waals surface area contributed by atoms with Gasteiger partial charge in [0.15, 0.2) is 0 Å². The number of nitrogens with zero attached hydrogens (tertiary/aromatic N) is 1. The average molecular weight is 380 g/mol. The predicted octanol–water partition coefficient (Wildman–Crippen LogP) is 2.56. The van der Waals surface area contributed by atoms with Crippen molar-refractivity contribution in [3.05, 3.63) is 59.7 Å². The average Bonchev–Trinajstić information content (AvgIpc) is 3.22. The van der Waals surface area contributed by atoms with E-state index >= 15 is 0 Å². The van der Waals surface area contributed by atoms with Gasteiger partial charge in [0.1, 0.15) is 6.04 Å². The molecule has 0 aromatic heterocycles. The summed E-state index contributed by atoms with van der Waals surface area (Å²) in [4.78, 5) is 38.2. The molecule has 6 nitrogen and oxygen atoms in total. The van der Waals surface area contributed by atoms with Crippen LogP contribution in [0.2, 0.25) is 0 Å². The molecule has 0 bridgehead atoms. The molecule has 2 aromatic carbocycles. The fourth-order valence-electron chi connectivity index (χ4n) is 3.39. The number of aryl methyl sites for hydroxylation is 1. The maximum Gasteiger partial charge on any atom is 0.328 e. The van der Waals surface area contributed by atoms with Crippen LogP contribution in [0.3, 0.4) is 0 Å². The lowest BCUT2D eigenvalue weighted by Gasteiger charge is -2.22. The molecule has 0 radical (unpaired) electrons. The summed E-state index contributed by atoms with van der Waals surface area (Å²) in [5.41, 5.74) is 3.61. The topological polar surface area (TPSA) is 75.7 Å². The van der Waals surface area contributed by atoms with E-state index in [2.05, 4.69) is 5.32 Å². The van der Waals surface area contributed by atoms with Gasteiger partial charge in [-0.15, -0.1) is 0 Å². The first-order valence-corrected chi connectivity index (χ1v) is 9.32. The molecule has 1 heterocycles. The first kappa shape index (κ1) is 19.6. The summed E-state index contributed by atoms with van der Waals surface area (Å²) in [7, 11) is 1.31. The molecule has 1 N–H and O–H groups in total. The molecule has 6 heteroatoms. The molecule has 0 saturated carbocycles. The normalized spacial score (nSPS) is 15.9. The summed E-state index contributed by atoms with van der Waals surface area (Å²) in [5, 5.41) is 2.66. The van der Waals surface area contributed by atoms with E-state index in [0.717, 1.165) is 17.5 Å². The molecule has 1 fully saturated rings. The molecular weight excluding hydrogens is 356 g/mol. The van der Waals surface area contributed by atoms with E-state index in [9.17, 15) is 14.4 Å². The van der Waals surface area contributed by atoms with Crippen molar-refractivity contribution in [3.8, 4) is 11.1 Å². The number of carbonyl (C=O) groups is 3. The summed E-state index contributed by atoms with van der Waals surface area (Å²) in [6.45, 7) is 2.37. The van der Waals surface area contributed by atoms with Crippen LogP contribution in [0, 0.1) is 6.92 Å². The number of nitrogens with one attached hydrogen (secondary N) is 1. The van der Waals surface area contributed by atoms with Gasteiger partial charge in [-0.25, -0.2) is 4.79 Å². The van der Waals surface area contributed by atoms with Gasteiger partial charge in [0.05, 0.1) is 13.7 Å². The highest BCUT2D eigenvalue weighted by Crippen LogP contribution is 2.21. The Morgan fingerprint density at radius 2 is 1.86 bits per heavy atom. The first-order chi connectivity index (χ1) is 13.5. The molecule has 3 rings (SSSR count). The lowest BCUT2D eigenvalue weighted by atomic mass is 10.0. The third-order valence-corrected chi connectivity index (χ3v) is 4.96. The molecular formula is C22H24N2O4. The van der Waals surface area contributed by atoms with Crippen molar-refractivity contribution < 1.29 is 19.1 Å². The van der Waals surface area contributed by atoms with Crippen molar-refractivity contribution in [2.75, 3.05) is 20.2 Å². The third-order valence-electron chi connectivity index (χ3n) is 4.96. The number of carbonyl (C=O) groups excluding carboxylic acids is 3. The van der Waals surface area contributed by atoms with E-state index < -0.39 is 12.0 Å². The van der Waals surface area contributed by atoms with Gasteiger partial charge < -0.3 is 15.0 Å². The molecule has 1 atom stereocenters. The van der Waals surface area contributed by atoms with E-state index in [1.807, 2.05) is 43.3 Å². The minimum absolute atomic E-state index is 0.152. The second kappa shape index (κ2) is 8.69. The molecule has 0 spiro atoms. The van der Waals surface area contributed by atoms with Crippen LogP contribution in [0.4, 0.5) is 0 Å². The van der Waals surface area contributed by atoms with Crippen LogP contribution in [-0.4, -0.2) is 48.9 Å². The van der Waals surface area contributed by atoms with Gasteiger partial charge in [0.2, 0.25) is 5.91 Å². The molecule has 2 aromatic rings. The molecule has 28 heavy (non-hydrogen) atoms. The van der Waals surface area contributed by atoms with Crippen LogP contribution in [0.25, 0.3) is 11.1 Å². The SMILES string of the molecule is COC(=O)[C@@H]1CCCN1C(=O)CNC(=O)c1cccc(-c2ccc(C)cc2)c1. The monoisotopic (exact) mass is 380 g/mol. The fraction of sp³-hybridized carbons (Fsp3) is 0.318. The van der Waals surface area contributed by atoms with Crippen molar-refractivity contribution in [3.63, 3.8) is 0 Å². The standard InChI is InChI=1S/C22H24N2O4/c1-15-8-10-16(11-9-15)17-5-3-6-18(13-17)21(26)23-14-20(25)24-12-4-7-19(24)22(27)28-2/h3,5-6,8-11,13,19H,4,7,12,14H2,1-2H3,(H,23,26)/t19-/m0/s1. The number of methoxy groups -OCH3 is 1. The molecule has 146 valence electrons. The maximum atomic E-state index is 12.5. The van der Waals surface area contributed by atoms with Crippen LogP contribution in [0.1, 0.15) is 28.8 Å². The number of esters is 1. The highest BCUT2D eigenvalue weighted by atomic mass is 16.5. The van der Waals surface area contributed by atoms with Gasteiger partial charge in [0, 0.05) is 12.1 Å². The largest absolute Gasteiger partial charge is 0.467 e. The number of ether oxygens (including phenoxy) is 1. The summed E-state index contributed by atoms with van der Waals surface area (Å²) < 4.78 is 4.75. The summed E-state index contributed by atoms with van der Waals surface area (Å²) >= 11 is 0. The van der Waals surface area contributed by atoms with Gasteiger partial charge >= 0.3 is 5.97 Å². The van der Waals surface area contributed by atoms with Crippen LogP contribution < -0.4 is 5.32 Å². The Bertz CT molecular complexity index is 876. The first-order valence-electron chi connectivity index (χ1n) is 9.32. The van der Waals surface area contributed by atoms with Crippen molar-refractivity contribution in [2.24, 2.45) is 0 Å². The highest BCUT2D eigenvalue weighted by molar-refractivity contribution is 5.98. The Hall–Kier alpha value is -3.15. The highest BCUT2D eigenvalue weighted by Gasteiger charge is 2.34. The van der Waals surface area contributed by atoms with E-state index in [-0.39, 0.29) is 18.4 Å². The molecule has 1 aliphatic rings. The van der Waals surface area contributed by atoms with Crippen molar-refractivity contribution in [2.45, 2.75) is 25.8 Å². The van der Waals surface area contributed by atoms with Crippen molar-refractivity contribution in [1.82, 2.24) is 10.2 Å². The number of amides is 2. The minimum atomic E-state index is -0.556. The van der Waals surface area contributed by atoms with E-state index in [0.29, 0.717) is 18.5 Å². The van der Waals surface area contributed by atoms with Gasteiger partial charge in [-0.05, 0) is 43.0 Å².